The zero-order valence-electron chi connectivity index (χ0n) is 11.4. The van der Waals surface area contributed by atoms with E-state index in [-0.39, 0.29) is 18.6 Å². The third kappa shape index (κ3) is 3.80. The van der Waals surface area contributed by atoms with Crippen molar-refractivity contribution in [3.8, 4) is 0 Å². The van der Waals surface area contributed by atoms with E-state index in [0.717, 1.165) is 19.4 Å². The number of aliphatic carboxylic acids is 1. The molecule has 2 rings (SSSR count). The van der Waals surface area contributed by atoms with Gasteiger partial charge in [0.05, 0.1) is 16.9 Å². The fourth-order valence-electron chi connectivity index (χ4n) is 2.24. The summed E-state index contributed by atoms with van der Waals surface area (Å²) >= 11 is 1.37. The van der Waals surface area contributed by atoms with Crippen LogP contribution < -0.4 is 0 Å². The summed E-state index contributed by atoms with van der Waals surface area (Å²) in [5.41, 5.74) is 0. The number of carboxylic acid groups (broad SMARTS) is 1. The first kappa shape index (κ1) is 15.0. The molecule has 1 saturated heterocycles. The van der Waals surface area contributed by atoms with Crippen LogP contribution in [0.5, 0.6) is 0 Å². The van der Waals surface area contributed by atoms with Crippen molar-refractivity contribution < 1.29 is 19.4 Å². The highest BCUT2D eigenvalue weighted by Crippen LogP contribution is 2.18. The Hall–Kier alpha value is -1.40. The summed E-state index contributed by atoms with van der Waals surface area (Å²) < 4.78 is 5.56. The summed E-state index contributed by atoms with van der Waals surface area (Å²) in [6.45, 7) is 3.02. The molecule has 2 unspecified atom stereocenters. The molecule has 20 heavy (non-hydrogen) atoms. The number of amides is 1. The molecule has 0 radical (unpaired) electrons. The molecule has 2 heterocycles. The van der Waals surface area contributed by atoms with Crippen molar-refractivity contribution in [2.45, 2.75) is 25.9 Å². The maximum Gasteiger partial charge on any atom is 0.308 e. The first-order chi connectivity index (χ1) is 9.58. The molecule has 0 saturated carbocycles. The van der Waals surface area contributed by atoms with Crippen molar-refractivity contribution in [3.05, 3.63) is 22.4 Å². The maximum absolute atomic E-state index is 12.4. The minimum absolute atomic E-state index is 0.0277. The molecule has 1 aliphatic heterocycles. The molecule has 1 aliphatic rings. The summed E-state index contributed by atoms with van der Waals surface area (Å²) in [5, 5.41) is 10.9. The normalized spacial score (nSPS) is 19.8. The van der Waals surface area contributed by atoms with Crippen LogP contribution in [0.4, 0.5) is 0 Å². The maximum atomic E-state index is 12.4. The van der Waals surface area contributed by atoms with E-state index in [0.29, 0.717) is 11.4 Å². The SMILES string of the molecule is CC(CN(CC1CCCO1)C(=O)c1cccs1)C(=O)O. The Balaban J connectivity index is 2.06. The minimum Gasteiger partial charge on any atom is -0.481 e. The number of thiophene rings is 1. The Morgan fingerprint density at radius 3 is 2.95 bits per heavy atom. The van der Waals surface area contributed by atoms with Crippen molar-refractivity contribution in [3.63, 3.8) is 0 Å². The fourth-order valence-corrected chi connectivity index (χ4v) is 2.93. The van der Waals surface area contributed by atoms with Crippen LogP contribution in [-0.4, -0.2) is 47.7 Å². The predicted molar refractivity (Wildman–Crippen MR) is 76.0 cm³/mol. The third-order valence-electron chi connectivity index (χ3n) is 3.38. The van der Waals surface area contributed by atoms with Gasteiger partial charge in [0.25, 0.3) is 5.91 Å². The number of nitrogens with zero attached hydrogens (tertiary/aromatic N) is 1. The number of hydrogen-bond acceptors (Lipinski definition) is 4. The summed E-state index contributed by atoms with van der Waals surface area (Å²) in [6, 6.07) is 3.59. The van der Waals surface area contributed by atoms with E-state index in [1.165, 1.54) is 11.3 Å². The zero-order chi connectivity index (χ0) is 14.5. The Morgan fingerprint density at radius 1 is 1.60 bits per heavy atom. The standard InChI is InChI=1S/C14H19NO4S/c1-10(14(17)18)8-15(9-11-4-2-6-19-11)13(16)12-5-3-7-20-12/h3,5,7,10-11H,2,4,6,8-9H2,1H3,(H,17,18). The van der Waals surface area contributed by atoms with Crippen molar-refractivity contribution in [1.29, 1.82) is 0 Å². The summed E-state index contributed by atoms with van der Waals surface area (Å²) in [5.74, 6) is -1.58. The van der Waals surface area contributed by atoms with Crippen LogP contribution in [0.25, 0.3) is 0 Å². The predicted octanol–water partition coefficient (Wildman–Crippen LogP) is 2.09. The second kappa shape index (κ2) is 6.85. The molecular weight excluding hydrogens is 278 g/mol. The number of carbonyl (C=O) groups excluding carboxylic acids is 1. The van der Waals surface area contributed by atoms with Gasteiger partial charge >= 0.3 is 5.97 Å². The average molecular weight is 297 g/mol. The largest absolute Gasteiger partial charge is 0.481 e. The monoisotopic (exact) mass is 297 g/mol. The van der Waals surface area contributed by atoms with Gasteiger partial charge < -0.3 is 14.7 Å². The smallest absolute Gasteiger partial charge is 0.308 e. The highest BCUT2D eigenvalue weighted by Gasteiger charge is 2.26. The van der Waals surface area contributed by atoms with Gasteiger partial charge in [0.1, 0.15) is 0 Å². The molecule has 110 valence electrons. The molecule has 1 amide bonds. The van der Waals surface area contributed by atoms with Gasteiger partial charge in [-0.15, -0.1) is 11.3 Å². The molecule has 5 nitrogen and oxygen atoms in total. The Morgan fingerprint density at radius 2 is 2.40 bits per heavy atom. The molecule has 0 spiro atoms. The second-order valence-electron chi connectivity index (χ2n) is 5.06. The number of rotatable bonds is 6. The van der Waals surface area contributed by atoms with E-state index in [1.54, 1.807) is 17.9 Å². The Bertz CT molecular complexity index is 454. The van der Waals surface area contributed by atoms with E-state index in [4.69, 9.17) is 9.84 Å². The zero-order valence-corrected chi connectivity index (χ0v) is 12.3. The topological polar surface area (TPSA) is 66.8 Å². The molecule has 6 heteroatoms. The molecule has 0 aliphatic carbocycles. The lowest BCUT2D eigenvalue weighted by molar-refractivity contribution is -0.141. The molecule has 1 N–H and O–H groups in total. The number of ether oxygens (including phenoxy) is 1. The Kier molecular flexibility index (Phi) is 5.14. The number of hydrogen-bond donors (Lipinski definition) is 1. The lowest BCUT2D eigenvalue weighted by atomic mass is 10.1. The highest BCUT2D eigenvalue weighted by molar-refractivity contribution is 7.12. The quantitative estimate of drug-likeness (QED) is 0.873. The lowest BCUT2D eigenvalue weighted by Gasteiger charge is -2.26. The molecular formula is C14H19NO4S. The number of carbonyl (C=O) groups is 2. The number of carboxylic acids is 1. The van der Waals surface area contributed by atoms with Crippen LogP contribution in [0.1, 0.15) is 29.4 Å². The highest BCUT2D eigenvalue weighted by atomic mass is 32.1. The molecule has 0 bridgehead atoms. The van der Waals surface area contributed by atoms with Crippen LogP contribution >= 0.6 is 11.3 Å². The van der Waals surface area contributed by atoms with Gasteiger partial charge in [-0.3, -0.25) is 9.59 Å². The van der Waals surface area contributed by atoms with Gasteiger partial charge in [0.15, 0.2) is 0 Å². The summed E-state index contributed by atoms with van der Waals surface area (Å²) in [6.07, 6.45) is 1.95. The van der Waals surface area contributed by atoms with Crippen LogP contribution in [0.2, 0.25) is 0 Å². The van der Waals surface area contributed by atoms with Crippen LogP contribution in [0.3, 0.4) is 0 Å². The third-order valence-corrected chi connectivity index (χ3v) is 4.24. The molecule has 1 aromatic heterocycles. The van der Waals surface area contributed by atoms with E-state index in [2.05, 4.69) is 0 Å². The summed E-state index contributed by atoms with van der Waals surface area (Å²) in [4.78, 5) is 25.7. The van der Waals surface area contributed by atoms with Crippen molar-refractivity contribution in [2.75, 3.05) is 19.7 Å². The van der Waals surface area contributed by atoms with E-state index in [9.17, 15) is 9.59 Å². The van der Waals surface area contributed by atoms with Gasteiger partial charge in [-0.05, 0) is 24.3 Å². The van der Waals surface area contributed by atoms with Gasteiger partial charge in [0.2, 0.25) is 0 Å². The van der Waals surface area contributed by atoms with Crippen LogP contribution in [0.15, 0.2) is 17.5 Å². The summed E-state index contributed by atoms with van der Waals surface area (Å²) in [7, 11) is 0. The van der Waals surface area contributed by atoms with Crippen molar-refractivity contribution in [2.24, 2.45) is 5.92 Å². The second-order valence-corrected chi connectivity index (χ2v) is 6.01. The van der Waals surface area contributed by atoms with Crippen LogP contribution in [-0.2, 0) is 9.53 Å². The van der Waals surface area contributed by atoms with E-state index >= 15 is 0 Å². The van der Waals surface area contributed by atoms with E-state index < -0.39 is 11.9 Å². The first-order valence-electron chi connectivity index (χ1n) is 6.75. The van der Waals surface area contributed by atoms with Gasteiger partial charge in [0, 0.05) is 19.7 Å². The lowest BCUT2D eigenvalue weighted by Crippen LogP contribution is -2.41. The fraction of sp³-hybridized carbons (Fsp3) is 0.571. The van der Waals surface area contributed by atoms with E-state index in [1.807, 2.05) is 11.4 Å². The Labute approximate surface area is 122 Å². The van der Waals surface area contributed by atoms with Crippen molar-refractivity contribution in [1.82, 2.24) is 4.90 Å². The van der Waals surface area contributed by atoms with Gasteiger partial charge in [-0.25, -0.2) is 0 Å². The molecule has 0 aromatic carbocycles. The molecule has 1 aromatic rings. The first-order valence-corrected chi connectivity index (χ1v) is 7.63. The van der Waals surface area contributed by atoms with Gasteiger partial charge in [-0.2, -0.15) is 0 Å². The molecule has 1 fully saturated rings. The van der Waals surface area contributed by atoms with Gasteiger partial charge in [-0.1, -0.05) is 13.0 Å². The van der Waals surface area contributed by atoms with Crippen molar-refractivity contribution >= 4 is 23.2 Å². The van der Waals surface area contributed by atoms with Crippen LogP contribution in [0, 0.1) is 5.92 Å². The minimum atomic E-state index is -0.888. The molecule has 2 atom stereocenters. The average Bonchev–Trinajstić information content (AvgIpc) is 3.10.